The molecule has 1 atom stereocenters. The number of rotatable bonds is 6. The van der Waals surface area contributed by atoms with E-state index in [0.717, 1.165) is 11.3 Å². The van der Waals surface area contributed by atoms with Crippen LogP contribution in [0.25, 0.3) is 0 Å². The molecule has 0 unspecified atom stereocenters. The van der Waals surface area contributed by atoms with E-state index in [1.165, 1.54) is 4.90 Å². The Kier molecular flexibility index (Phi) is 5.35. The van der Waals surface area contributed by atoms with Gasteiger partial charge in [0, 0.05) is 11.4 Å². The summed E-state index contributed by atoms with van der Waals surface area (Å²) in [6, 6.07) is 7.68. The molecule has 4 heteroatoms. The minimum absolute atomic E-state index is 0.510. The summed E-state index contributed by atoms with van der Waals surface area (Å²) in [5.74, 6) is 0.242. The summed E-state index contributed by atoms with van der Waals surface area (Å²) in [6.07, 6.45) is 0. The molecule has 3 nitrogen and oxygen atoms in total. The van der Waals surface area contributed by atoms with Crippen molar-refractivity contribution in [3.05, 3.63) is 29.8 Å². The topological polar surface area (TPSA) is 49.3 Å². The van der Waals surface area contributed by atoms with Gasteiger partial charge in [0.15, 0.2) is 0 Å². The molecule has 0 radical (unpaired) electrons. The molecule has 0 fully saturated rings. The molecule has 0 aliphatic rings. The van der Waals surface area contributed by atoms with Gasteiger partial charge in [-0.25, -0.2) is 0 Å². The lowest BCUT2D eigenvalue weighted by Gasteiger charge is -2.09. The fraction of sp³-hybridized carbons (Fsp3) is 0.417. The number of aliphatic carboxylic acids is 1. The first-order valence-electron chi connectivity index (χ1n) is 5.31. The number of carboxylic acids is 1. The van der Waals surface area contributed by atoms with Gasteiger partial charge in [-0.15, -0.1) is 11.8 Å². The number of benzene rings is 1. The number of hydrogen-bond acceptors (Lipinski definition) is 3. The first-order valence-corrected chi connectivity index (χ1v) is 6.30. The third-order valence-electron chi connectivity index (χ3n) is 2.22. The molecule has 0 bridgehead atoms. The molecular formula is C12H17NO2S. The van der Waals surface area contributed by atoms with Crippen molar-refractivity contribution >= 4 is 17.7 Å². The Balaban J connectivity index is 2.46. The second-order valence-electron chi connectivity index (χ2n) is 3.52. The molecule has 0 saturated carbocycles. The van der Waals surface area contributed by atoms with E-state index in [9.17, 15) is 4.79 Å². The Morgan fingerprint density at radius 1 is 1.44 bits per heavy atom. The molecule has 1 rings (SSSR count). The zero-order chi connectivity index (χ0) is 12.0. The molecular weight excluding hydrogens is 222 g/mol. The van der Waals surface area contributed by atoms with E-state index in [4.69, 9.17) is 5.11 Å². The highest BCUT2D eigenvalue weighted by molar-refractivity contribution is 7.99. The van der Waals surface area contributed by atoms with Crippen molar-refractivity contribution in [3.63, 3.8) is 0 Å². The van der Waals surface area contributed by atoms with Crippen LogP contribution in [-0.2, 0) is 11.3 Å². The van der Waals surface area contributed by atoms with Crippen molar-refractivity contribution < 1.29 is 9.90 Å². The molecule has 0 heterocycles. The van der Waals surface area contributed by atoms with E-state index >= 15 is 0 Å². The number of carbonyl (C=O) groups is 1. The number of carboxylic acid groups (broad SMARTS) is 1. The van der Waals surface area contributed by atoms with Gasteiger partial charge in [0.1, 0.15) is 6.04 Å². The van der Waals surface area contributed by atoms with Crippen LogP contribution in [0.3, 0.4) is 0 Å². The van der Waals surface area contributed by atoms with Crippen molar-refractivity contribution in [2.45, 2.75) is 31.3 Å². The summed E-state index contributed by atoms with van der Waals surface area (Å²) >= 11 is 1.80. The van der Waals surface area contributed by atoms with Crippen LogP contribution < -0.4 is 5.32 Å². The lowest BCUT2D eigenvalue weighted by Crippen LogP contribution is -2.33. The van der Waals surface area contributed by atoms with Crippen LogP contribution in [0, 0.1) is 0 Å². The molecule has 0 amide bonds. The highest BCUT2D eigenvalue weighted by atomic mass is 32.2. The SMILES string of the molecule is CCSc1ccc(CN[C@@H](C)C(=O)O)cc1. The predicted molar refractivity (Wildman–Crippen MR) is 66.8 cm³/mol. The maximum Gasteiger partial charge on any atom is 0.320 e. The van der Waals surface area contributed by atoms with Gasteiger partial charge in [-0.3, -0.25) is 4.79 Å². The summed E-state index contributed by atoms with van der Waals surface area (Å²) in [6.45, 7) is 4.35. The Morgan fingerprint density at radius 2 is 2.06 bits per heavy atom. The Bertz CT molecular complexity index is 337. The van der Waals surface area contributed by atoms with Crippen molar-refractivity contribution in [2.75, 3.05) is 5.75 Å². The molecule has 0 aliphatic heterocycles. The van der Waals surface area contributed by atoms with Gasteiger partial charge in [0.2, 0.25) is 0 Å². The van der Waals surface area contributed by atoms with Gasteiger partial charge < -0.3 is 10.4 Å². The van der Waals surface area contributed by atoms with Crippen molar-refractivity contribution in [2.24, 2.45) is 0 Å². The fourth-order valence-electron chi connectivity index (χ4n) is 1.23. The summed E-state index contributed by atoms with van der Waals surface area (Å²) in [5, 5.41) is 11.7. The summed E-state index contributed by atoms with van der Waals surface area (Å²) in [7, 11) is 0. The normalized spacial score (nSPS) is 12.4. The molecule has 1 aromatic rings. The fourth-order valence-corrected chi connectivity index (χ4v) is 1.89. The molecule has 0 saturated heterocycles. The summed E-state index contributed by atoms with van der Waals surface area (Å²) < 4.78 is 0. The van der Waals surface area contributed by atoms with Crippen LogP contribution in [0.4, 0.5) is 0 Å². The highest BCUT2D eigenvalue weighted by Crippen LogP contribution is 2.17. The molecule has 0 spiro atoms. The minimum atomic E-state index is -0.821. The number of thioether (sulfide) groups is 1. The quantitative estimate of drug-likeness (QED) is 0.748. The maximum atomic E-state index is 10.6. The van der Waals surface area contributed by atoms with E-state index in [2.05, 4.69) is 24.4 Å². The van der Waals surface area contributed by atoms with Crippen LogP contribution >= 0.6 is 11.8 Å². The van der Waals surface area contributed by atoms with Crippen molar-refractivity contribution in [1.82, 2.24) is 5.32 Å². The van der Waals surface area contributed by atoms with E-state index in [0.29, 0.717) is 6.54 Å². The van der Waals surface area contributed by atoms with Crippen molar-refractivity contribution in [1.29, 1.82) is 0 Å². The van der Waals surface area contributed by atoms with Crippen LogP contribution in [0.15, 0.2) is 29.2 Å². The average molecular weight is 239 g/mol. The zero-order valence-corrected chi connectivity index (χ0v) is 10.4. The van der Waals surface area contributed by atoms with Crippen molar-refractivity contribution in [3.8, 4) is 0 Å². The molecule has 0 aliphatic carbocycles. The first-order chi connectivity index (χ1) is 7.63. The van der Waals surface area contributed by atoms with Gasteiger partial charge in [0.05, 0.1) is 0 Å². The molecule has 2 N–H and O–H groups in total. The number of nitrogens with one attached hydrogen (secondary N) is 1. The van der Waals surface area contributed by atoms with E-state index in [1.807, 2.05) is 12.1 Å². The maximum absolute atomic E-state index is 10.6. The van der Waals surface area contributed by atoms with Gasteiger partial charge >= 0.3 is 5.97 Å². The highest BCUT2D eigenvalue weighted by Gasteiger charge is 2.08. The molecule has 88 valence electrons. The first kappa shape index (κ1) is 13.1. The second-order valence-corrected chi connectivity index (χ2v) is 4.86. The lowest BCUT2D eigenvalue weighted by molar-refractivity contribution is -0.139. The largest absolute Gasteiger partial charge is 0.480 e. The Morgan fingerprint density at radius 3 is 2.56 bits per heavy atom. The molecule has 0 aromatic heterocycles. The summed E-state index contributed by atoms with van der Waals surface area (Å²) in [5.41, 5.74) is 1.11. The van der Waals surface area contributed by atoms with Crippen LogP contribution in [-0.4, -0.2) is 22.9 Å². The molecule has 1 aromatic carbocycles. The van der Waals surface area contributed by atoms with E-state index < -0.39 is 12.0 Å². The van der Waals surface area contributed by atoms with Crippen LogP contribution in [0.2, 0.25) is 0 Å². The third kappa shape index (κ3) is 4.24. The van der Waals surface area contributed by atoms with E-state index in [-0.39, 0.29) is 0 Å². The summed E-state index contributed by atoms with van der Waals surface area (Å²) in [4.78, 5) is 11.8. The van der Waals surface area contributed by atoms with Gasteiger partial charge in [0.25, 0.3) is 0 Å². The van der Waals surface area contributed by atoms with Gasteiger partial charge in [-0.05, 0) is 30.4 Å². The zero-order valence-electron chi connectivity index (χ0n) is 9.56. The lowest BCUT2D eigenvalue weighted by atomic mass is 10.2. The van der Waals surface area contributed by atoms with Crippen LogP contribution in [0.5, 0.6) is 0 Å². The van der Waals surface area contributed by atoms with E-state index in [1.54, 1.807) is 18.7 Å². The van der Waals surface area contributed by atoms with Crippen LogP contribution in [0.1, 0.15) is 19.4 Å². The predicted octanol–water partition coefficient (Wildman–Crippen LogP) is 2.36. The smallest absolute Gasteiger partial charge is 0.320 e. The Labute approximate surface area is 100 Å². The standard InChI is InChI=1S/C12H17NO2S/c1-3-16-11-6-4-10(5-7-11)8-13-9(2)12(14)15/h4-7,9,13H,3,8H2,1-2H3,(H,14,15)/t9-/m0/s1. The minimum Gasteiger partial charge on any atom is -0.480 e. The third-order valence-corrected chi connectivity index (χ3v) is 3.11. The average Bonchev–Trinajstić information content (AvgIpc) is 2.28. The molecule has 16 heavy (non-hydrogen) atoms. The number of hydrogen-bond donors (Lipinski definition) is 2. The van der Waals surface area contributed by atoms with Gasteiger partial charge in [-0.2, -0.15) is 0 Å². The monoisotopic (exact) mass is 239 g/mol. The Hall–Kier alpha value is -1.00. The second kappa shape index (κ2) is 6.55. The van der Waals surface area contributed by atoms with Gasteiger partial charge in [-0.1, -0.05) is 19.1 Å².